The van der Waals surface area contributed by atoms with E-state index in [1.165, 1.54) is 15.8 Å². The van der Waals surface area contributed by atoms with Crippen molar-refractivity contribution in [2.24, 2.45) is 0 Å². The molecular formula is C41H43N9O6. The molecule has 2 aromatic carbocycles. The van der Waals surface area contributed by atoms with Crippen LogP contribution in [0.15, 0.2) is 78.2 Å². The van der Waals surface area contributed by atoms with Crippen molar-refractivity contribution in [3.8, 4) is 11.6 Å². The summed E-state index contributed by atoms with van der Waals surface area (Å²) in [6.07, 6.45) is 7.18. The standard InChI is InChI=1S/C41H43N9O6/c1-3-20-49-40(55)29-23-42-41(46-37(29)50(49)34-18-11-25-10-17-32(51)36(25)44-34)43-26-12-14-27(15-13-26)47(2)21-5-4-6-22-56-33-9-7-8-28-30(33)24-48(39(28)54)31-16-19-35(52)45-38(31)53/h3,7-9,11-15,18,23,31-32,51H,1,4-6,10,16-17,19-22,24H2,2H3,(H,42,43,46)(H,45,52,53). The van der Waals surface area contributed by atoms with Crippen LogP contribution in [0, 0.1) is 0 Å². The van der Waals surface area contributed by atoms with Crippen LogP contribution in [-0.2, 0) is 29.1 Å². The zero-order valence-electron chi connectivity index (χ0n) is 31.1. The fraction of sp³-hybridized carbons (Fsp3) is 0.341. The van der Waals surface area contributed by atoms with Crippen molar-refractivity contribution >= 4 is 46.1 Å². The lowest BCUT2D eigenvalue weighted by atomic mass is 10.0. The summed E-state index contributed by atoms with van der Waals surface area (Å²) in [5.41, 5.74) is 4.92. The SMILES string of the molecule is C=CCn1c(=O)c2cnc(Nc3ccc(N(C)CCCCCOc4cccc5c4CN(C4CCC(=O)NC4=O)C5=O)cc3)nc2n1-c1ccc2c(n1)C(O)CC2. The summed E-state index contributed by atoms with van der Waals surface area (Å²) in [6.45, 7) is 5.69. The van der Waals surface area contributed by atoms with E-state index < -0.39 is 18.1 Å². The summed E-state index contributed by atoms with van der Waals surface area (Å²) in [4.78, 5) is 68.1. The molecule has 0 radical (unpaired) electrons. The lowest BCUT2D eigenvalue weighted by Gasteiger charge is -2.29. The van der Waals surface area contributed by atoms with Gasteiger partial charge < -0.3 is 25.0 Å². The normalized spacial score (nSPS) is 17.5. The number of carbonyl (C=O) groups excluding carboxylic acids is 3. The fourth-order valence-corrected chi connectivity index (χ4v) is 7.71. The Kier molecular flexibility index (Phi) is 10.1. The van der Waals surface area contributed by atoms with Crippen LogP contribution < -0.4 is 25.8 Å². The van der Waals surface area contributed by atoms with Crippen LogP contribution >= 0.6 is 0 Å². The Bertz CT molecular complexity index is 2410. The number of nitrogens with zero attached hydrogens (tertiary/aromatic N) is 7. The minimum Gasteiger partial charge on any atom is -0.493 e. The molecule has 56 heavy (non-hydrogen) atoms. The van der Waals surface area contributed by atoms with Gasteiger partial charge in [-0.3, -0.25) is 24.5 Å². The Hall–Kier alpha value is -6.35. The van der Waals surface area contributed by atoms with Gasteiger partial charge in [0.05, 0.1) is 31.5 Å². The van der Waals surface area contributed by atoms with E-state index in [4.69, 9.17) is 14.7 Å². The highest BCUT2D eigenvalue weighted by molar-refractivity contribution is 6.05. The number of rotatable bonds is 14. The van der Waals surface area contributed by atoms with E-state index in [0.717, 1.165) is 54.7 Å². The van der Waals surface area contributed by atoms with E-state index in [1.807, 2.05) is 49.5 Å². The number of anilines is 3. The number of pyridine rings is 1. The maximum Gasteiger partial charge on any atom is 0.278 e. The molecule has 5 heterocycles. The van der Waals surface area contributed by atoms with Crippen LogP contribution in [-0.4, -0.2) is 78.3 Å². The molecule has 0 saturated carbocycles. The zero-order valence-corrected chi connectivity index (χ0v) is 31.1. The first-order valence-corrected chi connectivity index (χ1v) is 19.0. The van der Waals surface area contributed by atoms with Gasteiger partial charge in [-0.15, -0.1) is 6.58 Å². The number of amides is 3. The average Bonchev–Trinajstić information content (AvgIpc) is 3.83. The molecule has 1 saturated heterocycles. The molecule has 3 N–H and O–H groups in total. The van der Waals surface area contributed by atoms with E-state index in [1.54, 1.807) is 22.9 Å². The summed E-state index contributed by atoms with van der Waals surface area (Å²) in [5, 5.41) is 16.4. The molecule has 1 fully saturated rings. The smallest absolute Gasteiger partial charge is 0.278 e. The maximum atomic E-state index is 13.4. The maximum absolute atomic E-state index is 13.4. The van der Waals surface area contributed by atoms with Crippen molar-refractivity contribution in [1.82, 2.24) is 34.5 Å². The molecule has 15 heteroatoms. The number of imide groups is 1. The molecular weight excluding hydrogens is 715 g/mol. The van der Waals surface area contributed by atoms with Gasteiger partial charge in [0, 0.05) is 48.7 Å². The van der Waals surface area contributed by atoms with E-state index in [0.29, 0.717) is 59.3 Å². The number of unbranched alkanes of at least 4 members (excludes halogenated alkanes) is 2. The first-order chi connectivity index (χ1) is 27.2. The molecule has 8 rings (SSSR count). The summed E-state index contributed by atoms with van der Waals surface area (Å²) in [5.74, 6) is 0.513. The summed E-state index contributed by atoms with van der Waals surface area (Å²) in [7, 11) is 2.05. The van der Waals surface area contributed by atoms with Gasteiger partial charge in [0.1, 0.15) is 17.2 Å². The summed E-state index contributed by atoms with van der Waals surface area (Å²) >= 11 is 0. The lowest BCUT2D eigenvalue weighted by molar-refractivity contribution is -0.136. The van der Waals surface area contributed by atoms with Crippen LogP contribution in [0.5, 0.6) is 5.75 Å². The van der Waals surface area contributed by atoms with Gasteiger partial charge in [-0.2, -0.15) is 4.98 Å². The van der Waals surface area contributed by atoms with Crippen LogP contribution in [0.1, 0.15) is 71.8 Å². The monoisotopic (exact) mass is 757 g/mol. The Labute approximate surface area is 322 Å². The third-order valence-electron chi connectivity index (χ3n) is 10.7. The highest BCUT2D eigenvalue weighted by Crippen LogP contribution is 2.34. The van der Waals surface area contributed by atoms with Gasteiger partial charge in [0.15, 0.2) is 11.5 Å². The number of hydrogen-bond acceptors (Lipinski definition) is 11. The number of piperidine rings is 1. The molecule has 3 aromatic heterocycles. The Morgan fingerprint density at radius 2 is 1.86 bits per heavy atom. The van der Waals surface area contributed by atoms with Gasteiger partial charge >= 0.3 is 0 Å². The minimum atomic E-state index is -0.659. The number of allylic oxidation sites excluding steroid dienone is 1. The summed E-state index contributed by atoms with van der Waals surface area (Å²) < 4.78 is 9.30. The van der Waals surface area contributed by atoms with Crippen LogP contribution in [0.3, 0.4) is 0 Å². The molecule has 1 aliphatic carbocycles. The lowest BCUT2D eigenvalue weighted by Crippen LogP contribution is -2.52. The number of benzene rings is 2. The van der Waals surface area contributed by atoms with Gasteiger partial charge in [-0.1, -0.05) is 18.2 Å². The average molecular weight is 758 g/mol. The topological polar surface area (TPSA) is 177 Å². The predicted octanol–water partition coefficient (Wildman–Crippen LogP) is 4.33. The summed E-state index contributed by atoms with van der Waals surface area (Å²) in [6, 6.07) is 16.5. The molecule has 2 unspecified atom stereocenters. The number of aryl methyl sites for hydroxylation is 1. The molecule has 2 atom stereocenters. The Balaban J connectivity index is 0.848. The number of hydrogen-bond donors (Lipinski definition) is 3. The first-order valence-electron chi connectivity index (χ1n) is 19.0. The number of fused-ring (bicyclic) bond motifs is 3. The zero-order chi connectivity index (χ0) is 38.9. The van der Waals surface area contributed by atoms with Crippen molar-refractivity contribution in [3.63, 3.8) is 0 Å². The Morgan fingerprint density at radius 1 is 1.02 bits per heavy atom. The number of carbonyl (C=O) groups is 3. The van der Waals surface area contributed by atoms with Gasteiger partial charge in [-0.05, 0) is 86.6 Å². The quantitative estimate of drug-likeness (QED) is 0.0835. The largest absolute Gasteiger partial charge is 0.493 e. The highest BCUT2D eigenvalue weighted by atomic mass is 16.5. The van der Waals surface area contributed by atoms with Crippen molar-refractivity contribution < 1.29 is 24.2 Å². The predicted molar refractivity (Wildman–Crippen MR) is 209 cm³/mol. The number of aliphatic hydroxyl groups excluding tert-OH is 1. The second kappa shape index (κ2) is 15.4. The van der Waals surface area contributed by atoms with Crippen molar-refractivity contribution in [1.29, 1.82) is 0 Å². The minimum absolute atomic E-state index is 0.213. The number of ether oxygens (including phenoxy) is 1. The second-order valence-electron chi connectivity index (χ2n) is 14.4. The van der Waals surface area contributed by atoms with Gasteiger partial charge in [-0.25, -0.2) is 19.3 Å². The van der Waals surface area contributed by atoms with Crippen LogP contribution in [0.25, 0.3) is 16.9 Å². The van der Waals surface area contributed by atoms with Crippen molar-refractivity contribution in [3.05, 3.63) is 106 Å². The van der Waals surface area contributed by atoms with E-state index >= 15 is 0 Å². The molecule has 288 valence electrons. The molecule has 3 aliphatic rings. The van der Waals surface area contributed by atoms with Crippen molar-refractivity contribution in [2.45, 2.75) is 70.2 Å². The molecule has 0 spiro atoms. The number of nitrogens with one attached hydrogen (secondary N) is 2. The second-order valence-corrected chi connectivity index (χ2v) is 14.4. The molecule has 2 aliphatic heterocycles. The van der Waals surface area contributed by atoms with E-state index in [9.17, 15) is 24.3 Å². The first kappa shape index (κ1) is 36.6. The molecule has 3 amide bonds. The third-order valence-corrected chi connectivity index (χ3v) is 10.7. The van der Waals surface area contributed by atoms with E-state index in [-0.39, 0.29) is 36.9 Å². The van der Waals surface area contributed by atoms with Crippen LogP contribution in [0.2, 0.25) is 0 Å². The van der Waals surface area contributed by atoms with Crippen molar-refractivity contribution in [2.75, 3.05) is 30.4 Å². The van der Waals surface area contributed by atoms with Crippen LogP contribution in [0.4, 0.5) is 17.3 Å². The number of aromatic nitrogens is 5. The third kappa shape index (κ3) is 7.01. The van der Waals surface area contributed by atoms with E-state index in [2.05, 4.69) is 27.1 Å². The Morgan fingerprint density at radius 3 is 2.66 bits per heavy atom. The van der Waals surface area contributed by atoms with Gasteiger partial charge in [0.25, 0.3) is 11.5 Å². The number of aliphatic hydroxyl groups is 1. The fourth-order valence-electron chi connectivity index (χ4n) is 7.71. The molecule has 0 bridgehead atoms. The van der Waals surface area contributed by atoms with Gasteiger partial charge in [0.2, 0.25) is 17.8 Å². The highest BCUT2D eigenvalue weighted by Gasteiger charge is 2.40. The molecule has 15 nitrogen and oxygen atoms in total. The molecule has 5 aromatic rings.